The van der Waals surface area contributed by atoms with E-state index in [0.717, 1.165) is 30.8 Å². The number of likely N-dealkylation sites (tertiary alicyclic amines) is 1. The number of thioether (sulfide) groups is 1. The molecule has 0 aromatic heterocycles. The third kappa shape index (κ3) is 4.71. The first-order valence-corrected chi connectivity index (χ1v) is 8.23. The molecule has 1 N–H and O–H groups in total. The molecule has 0 aliphatic carbocycles. The summed E-state index contributed by atoms with van der Waals surface area (Å²) in [6.45, 7) is 3.88. The number of piperidine rings is 1. The summed E-state index contributed by atoms with van der Waals surface area (Å²) in [5.41, 5.74) is 0.0628. The Hall–Kier alpha value is -1.60. The molecule has 2 rings (SSSR count). The van der Waals surface area contributed by atoms with Crippen LogP contribution < -0.4 is 5.32 Å². The monoisotopic (exact) mass is 323 g/mol. The van der Waals surface area contributed by atoms with E-state index < -0.39 is 4.92 Å². The number of nitrogens with one attached hydrogen (secondary N) is 1. The molecule has 1 aromatic carbocycles. The first-order chi connectivity index (χ1) is 10.5. The number of benzene rings is 1. The molecule has 0 unspecified atom stereocenters. The Morgan fingerprint density at radius 2 is 1.95 bits per heavy atom. The maximum Gasteiger partial charge on any atom is 0.269 e. The molecule has 6 nitrogen and oxygen atoms in total. The predicted octanol–water partition coefficient (Wildman–Crippen LogP) is 2.29. The smallest absolute Gasteiger partial charge is 0.269 e. The quantitative estimate of drug-likeness (QED) is 0.511. The van der Waals surface area contributed by atoms with Crippen molar-refractivity contribution >= 4 is 23.4 Å². The van der Waals surface area contributed by atoms with Crippen molar-refractivity contribution < 1.29 is 9.72 Å². The van der Waals surface area contributed by atoms with Crippen LogP contribution >= 0.6 is 11.8 Å². The third-order valence-corrected chi connectivity index (χ3v) is 4.91. The number of amides is 1. The summed E-state index contributed by atoms with van der Waals surface area (Å²) in [5, 5.41) is 13.5. The minimum atomic E-state index is -0.426. The van der Waals surface area contributed by atoms with Crippen molar-refractivity contribution in [3.05, 3.63) is 34.4 Å². The van der Waals surface area contributed by atoms with E-state index in [-0.39, 0.29) is 22.9 Å². The summed E-state index contributed by atoms with van der Waals surface area (Å²) in [6.07, 6.45) is 1.97. The lowest BCUT2D eigenvalue weighted by Crippen LogP contribution is -2.45. The molecule has 1 amide bonds. The van der Waals surface area contributed by atoms with E-state index in [9.17, 15) is 14.9 Å². The molecule has 1 fully saturated rings. The summed E-state index contributed by atoms with van der Waals surface area (Å²) in [4.78, 5) is 25.5. The highest BCUT2D eigenvalue weighted by Gasteiger charge is 2.22. The molecule has 120 valence electrons. The maximum atomic E-state index is 12.2. The molecule has 1 aliphatic heterocycles. The Balaban J connectivity index is 1.84. The highest BCUT2D eigenvalue weighted by Crippen LogP contribution is 2.25. The average molecular weight is 323 g/mol. The fourth-order valence-corrected chi connectivity index (χ4v) is 3.25. The minimum Gasteiger partial charge on any atom is -0.352 e. The van der Waals surface area contributed by atoms with Crippen molar-refractivity contribution in [2.45, 2.75) is 36.0 Å². The van der Waals surface area contributed by atoms with Crippen LogP contribution in [0.3, 0.4) is 0 Å². The second kappa shape index (κ2) is 7.60. The van der Waals surface area contributed by atoms with Gasteiger partial charge in [-0.1, -0.05) is 0 Å². The Kier molecular flexibility index (Phi) is 5.79. The van der Waals surface area contributed by atoms with Crippen molar-refractivity contribution in [3.63, 3.8) is 0 Å². The van der Waals surface area contributed by atoms with Gasteiger partial charge in [-0.3, -0.25) is 14.9 Å². The van der Waals surface area contributed by atoms with Crippen molar-refractivity contribution in [2.75, 3.05) is 20.1 Å². The van der Waals surface area contributed by atoms with Crippen LogP contribution in [0.25, 0.3) is 0 Å². The van der Waals surface area contributed by atoms with E-state index >= 15 is 0 Å². The SMILES string of the molecule is C[C@H](Sc1ccc([N+](=O)[O-])cc1)C(=O)NC1CCN(C)CC1. The number of rotatable bonds is 5. The number of carbonyl (C=O) groups excluding carboxylic acids is 1. The molecule has 1 aliphatic rings. The second-order valence-corrected chi connectivity index (χ2v) is 7.01. The lowest BCUT2D eigenvalue weighted by Gasteiger charge is -2.30. The van der Waals surface area contributed by atoms with Crippen LogP contribution in [-0.4, -0.2) is 47.2 Å². The zero-order chi connectivity index (χ0) is 16.1. The first kappa shape index (κ1) is 16.8. The number of nitrogens with zero attached hydrogens (tertiary/aromatic N) is 2. The molecule has 0 radical (unpaired) electrons. The van der Waals surface area contributed by atoms with Crippen LogP contribution in [0.5, 0.6) is 0 Å². The van der Waals surface area contributed by atoms with E-state index in [1.165, 1.54) is 23.9 Å². The summed E-state index contributed by atoms with van der Waals surface area (Å²) in [5.74, 6) is 0.0258. The number of carbonyl (C=O) groups is 1. The van der Waals surface area contributed by atoms with Crippen molar-refractivity contribution in [1.29, 1.82) is 0 Å². The zero-order valence-corrected chi connectivity index (χ0v) is 13.6. The normalized spacial score (nSPS) is 17.9. The number of hydrogen-bond donors (Lipinski definition) is 1. The number of nitro benzene ring substituents is 1. The van der Waals surface area contributed by atoms with Gasteiger partial charge in [-0.15, -0.1) is 11.8 Å². The molecule has 1 saturated heterocycles. The fourth-order valence-electron chi connectivity index (χ4n) is 2.38. The van der Waals surface area contributed by atoms with Crippen LogP contribution in [0.15, 0.2) is 29.2 Å². The minimum absolute atomic E-state index is 0.0258. The molecule has 1 heterocycles. The van der Waals surface area contributed by atoms with Gasteiger partial charge in [0.05, 0.1) is 10.2 Å². The van der Waals surface area contributed by atoms with E-state index in [1.807, 2.05) is 6.92 Å². The molecule has 0 bridgehead atoms. The number of hydrogen-bond acceptors (Lipinski definition) is 5. The third-order valence-electron chi connectivity index (χ3n) is 3.79. The molecular formula is C15H21N3O3S. The Morgan fingerprint density at radius 3 is 2.50 bits per heavy atom. The molecule has 0 spiro atoms. The van der Waals surface area contributed by atoms with Gasteiger partial charge in [0, 0.05) is 23.1 Å². The second-order valence-electron chi connectivity index (χ2n) is 5.60. The summed E-state index contributed by atoms with van der Waals surface area (Å²) in [7, 11) is 2.09. The number of nitro groups is 1. The van der Waals surface area contributed by atoms with Gasteiger partial charge in [0.25, 0.3) is 5.69 Å². The van der Waals surface area contributed by atoms with E-state index in [2.05, 4.69) is 17.3 Å². The summed E-state index contributed by atoms with van der Waals surface area (Å²) < 4.78 is 0. The Bertz CT molecular complexity index is 527. The van der Waals surface area contributed by atoms with Crippen molar-refractivity contribution in [3.8, 4) is 0 Å². The lowest BCUT2D eigenvalue weighted by molar-refractivity contribution is -0.384. The van der Waals surface area contributed by atoms with Gasteiger partial charge < -0.3 is 10.2 Å². The first-order valence-electron chi connectivity index (χ1n) is 7.35. The fraction of sp³-hybridized carbons (Fsp3) is 0.533. The van der Waals surface area contributed by atoms with Crippen LogP contribution in [0.1, 0.15) is 19.8 Å². The largest absolute Gasteiger partial charge is 0.352 e. The molecule has 7 heteroatoms. The predicted molar refractivity (Wildman–Crippen MR) is 87.1 cm³/mol. The van der Waals surface area contributed by atoms with Gasteiger partial charge in [-0.2, -0.15) is 0 Å². The zero-order valence-electron chi connectivity index (χ0n) is 12.8. The lowest BCUT2D eigenvalue weighted by atomic mass is 10.1. The molecular weight excluding hydrogens is 302 g/mol. The van der Waals surface area contributed by atoms with Crippen LogP contribution in [0.2, 0.25) is 0 Å². The van der Waals surface area contributed by atoms with Gasteiger partial charge in [-0.25, -0.2) is 0 Å². The molecule has 1 atom stereocenters. The van der Waals surface area contributed by atoms with Gasteiger partial charge in [0.1, 0.15) is 0 Å². The highest BCUT2D eigenvalue weighted by atomic mass is 32.2. The Morgan fingerprint density at radius 1 is 1.36 bits per heavy atom. The molecule has 1 aromatic rings. The standard InChI is InChI=1S/C15H21N3O3S/c1-11(15(19)16-12-7-9-17(2)10-8-12)22-14-5-3-13(4-6-14)18(20)21/h3-6,11-12H,7-10H2,1-2H3,(H,16,19)/t11-/m0/s1. The van der Waals surface area contributed by atoms with Crippen LogP contribution in [-0.2, 0) is 4.79 Å². The van der Waals surface area contributed by atoms with E-state index in [0.29, 0.717) is 0 Å². The highest BCUT2D eigenvalue weighted by molar-refractivity contribution is 8.00. The van der Waals surface area contributed by atoms with Gasteiger partial charge in [0.15, 0.2) is 0 Å². The van der Waals surface area contributed by atoms with Crippen molar-refractivity contribution in [2.24, 2.45) is 0 Å². The van der Waals surface area contributed by atoms with Crippen LogP contribution in [0.4, 0.5) is 5.69 Å². The maximum absolute atomic E-state index is 12.2. The molecule has 22 heavy (non-hydrogen) atoms. The summed E-state index contributed by atoms with van der Waals surface area (Å²) >= 11 is 1.42. The Labute approximate surface area is 134 Å². The summed E-state index contributed by atoms with van der Waals surface area (Å²) in [6, 6.07) is 6.54. The van der Waals surface area contributed by atoms with Gasteiger partial charge >= 0.3 is 0 Å². The van der Waals surface area contributed by atoms with Crippen LogP contribution in [0, 0.1) is 10.1 Å². The van der Waals surface area contributed by atoms with Gasteiger partial charge in [-0.05, 0) is 52.0 Å². The number of non-ortho nitro benzene ring substituents is 1. The topological polar surface area (TPSA) is 75.5 Å². The average Bonchev–Trinajstić information content (AvgIpc) is 2.50. The van der Waals surface area contributed by atoms with Gasteiger partial charge in [0.2, 0.25) is 5.91 Å². The molecule has 0 saturated carbocycles. The van der Waals surface area contributed by atoms with Crippen molar-refractivity contribution in [1.82, 2.24) is 10.2 Å². The van der Waals surface area contributed by atoms with E-state index in [1.54, 1.807) is 12.1 Å². The van der Waals surface area contributed by atoms with E-state index in [4.69, 9.17) is 0 Å².